The molecule has 6 nitrogen and oxygen atoms in total. The lowest BCUT2D eigenvalue weighted by Crippen LogP contribution is -2.58. The van der Waals surface area contributed by atoms with Crippen LogP contribution in [0.25, 0.3) is 0 Å². The van der Waals surface area contributed by atoms with Crippen LogP contribution in [0.5, 0.6) is 5.75 Å². The van der Waals surface area contributed by atoms with Gasteiger partial charge in [0.25, 0.3) is 5.91 Å². The number of fused-ring (bicyclic) bond motifs is 1. The molecule has 2 amide bonds. The van der Waals surface area contributed by atoms with Crippen molar-refractivity contribution in [3.8, 4) is 5.75 Å². The summed E-state index contributed by atoms with van der Waals surface area (Å²) in [6.45, 7) is 6.44. The number of hydrogen-bond donors (Lipinski definition) is 3. The molecule has 1 aromatic rings. The van der Waals surface area contributed by atoms with Gasteiger partial charge in [0.2, 0.25) is 5.91 Å². The normalized spacial score (nSPS) is 34.7. The molecule has 6 heteroatoms. The monoisotopic (exact) mass is 470 g/mol. The zero-order chi connectivity index (χ0) is 24.5. The van der Waals surface area contributed by atoms with Crippen molar-refractivity contribution >= 4 is 11.8 Å². The number of amides is 2. The summed E-state index contributed by atoms with van der Waals surface area (Å²) >= 11 is 0. The molecular formula is C28H42N2O4. The Kier molecular flexibility index (Phi) is 7.56. The van der Waals surface area contributed by atoms with Gasteiger partial charge in [-0.3, -0.25) is 9.59 Å². The number of aliphatic hydroxyl groups excluding tert-OH is 1. The van der Waals surface area contributed by atoms with Crippen LogP contribution in [-0.4, -0.2) is 42.2 Å². The van der Waals surface area contributed by atoms with Crippen LogP contribution < -0.4 is 15.4 Å². The third-order valence-corrected chi connectivity index (χ3v) is 9.31. The van der Waals surface area contributed by atoms with Gasteiger partial charge in [-0.05, 0) is 86.0 Å². The van der Waals surface area contributed by atoms with Crippen LogP contribution in [0.1, 0.15) is 82.5 Å². The van der Waals surface area contributed by atoms with Crippen molar-refractivity contribution in [2.75, 3.05) is 7.11 Å². The largest absolute Gasteiger partial charge is 0.497 e. The summed E-state index contributed by atoms with van der Waals surface area (Å²) in [5.74, 6) is 0.661. The predicted octanol–water partition coefficient (Wildman–Crippen LogP) is 4.31. The second kappa shape index (κ2) is 10.3. The van der Waals surface area contributed by atoms with Crippen molar-refractivity contribution < 1.29 is 19.4 Å². The third kappa shape index (κ3) is 4.98. The molecule has 3 N–H and O–H groups in total. The van der Waals surface area contributed by atoms with Crippen LogP contribution in [0.15, 0.2) is 24.3 Å². The van der Waals surface area contributed by atoms with E-state index in [1.54, 1.807) is 31.4 Å². The van der Waals surface area contributed by atoms with Crippen LogP contribution in [0.2, 0.25) is 0 Å². The Morgan fingerprint density at radius 2 is 1.71 bits per heavy atom. The Labute approximate surface area is 204 Å². The van der Waals surface area contributed by atoms with E-state index >= 15 is 0 Å². The van der Waals surface area contributed by atoms with Crippen molar-refractivity contribution in [1.29, 1.82) is 0 Å². The van der Waals surface area contributed by atoms with Crippen molar-refractivity contribution in [2.24, 2.45) is 29.1 Å². The highest BCUT2D eigenvalue weighted by atomic mass is 16.5. The van der Waals surface area contributed by atoms with Gasteiger partial charge in [-0.25, -0.2) is 0 Å². The maximum atomic E-state index is 13.0. The summed E-state index contributed by atoms with van der Waals surface area (Å²) in [5, 5.41) is 18.1. The Hall–Kier alpha value is -2.08. The molecule has 0 heterocycles. The molecule has 3 aliphatic rings. The number of ether oxygens (including phenoxy) is 1. The first kappa shape index (κ1) is 25.0. The minimum atomic E-state index is -0.543. The molecular weight excluding hydrogens is 428 g/mol. The molecule has 188 valence electrons. The molecule has 34 heavy (non-hydrogen) atoms. The van der Waals surface area contributed by atoms with Gasteiger partial charge in [0.15, 0.2) is 0 Å². The fourth-order valence-electron chi connectivity index (χ4n) is 7.09. The Morgan fingerprint density at radius 1 is 1.06 bits per heavy atom. The number of benzene rings is 1. The molecule has 3 fully saturated rings. The molecule has 3 saturated carbocycles. The zero-order valence-corrected chi connectivity index (χ0v) is 21.2. The fourth-order valence-corrected chi connectivity index (χ4v) is 7.09. The highest BCUT2D eigenvalue weighted by Gasteiger charge is 2.54. The molecule has 3 aliphatic carbocycles. The van der Waals surface area contributed by atoms with E-state index in [1.807, 2.05) is 6.92 Å². The Bertz CT molecular complexity index is 866. The molecule has 0 radical (unpaired) electrons. The summed E-state index contributed by atoms with van der Waals surface area (Å²) in [6, 6.07) is 7.45. The van der Waals surface area contributed by atoms with E-state index in [-0.39, 0.29) is 46.9 Å². The summed E-state index contributed by atoms with van der Waals surface area (Å²) < 4.78 is 5.19. The van der Waals surface area contributed by atoms with E-state index in [4.69, 9.17) is 4.74 Å². The quantitative estimate of drug-likeness (QED) is 0.578. The first-order valence-electron chi connectivity index (χ1n) is 13.2. The van der Waals surface area contributed by atoms with Crippen LogP contribution in [-0.2, 0) is 4.79 Å². The van der Waals surface area contributed by atoms with E-state index in [2.05, 4.69) is 24.5 Å². The van der Waals surface area contributed by atoms with Gasteiger partial charge in [0, 0.05) is 23.6 Å². The molecule has 1 aromatic carbocycles. The number of hydrogen-bond acceptors (Lipinski definition) is 4. The molecule has 7 atom stereocenters. The second-order valence-corrected chi connectivity index (χ2v) is 11.4. The predicted molar refractivity (Wildman–Crippen MR) is 133 cm³/mol. The summed E-state index contributed by atoms with van der Waals surface area (Å²) in [5.41, 5.74) is 0.652. The summed E-state index contributed by atoms with van der Waals surface area (Å²) in [4.78, 5) is 25.9. The molecule has 0 aliphatic heterocycles. The summed E-state index contributed by atoms with van der Waals surface area (Å²) in [6.07, 6.45) is 7.75. The molecule has 4 rings (SSSR count). The van der Waals surface area contributed by atoms with E-state index in [9.17, 15) is 14.7 Å². The molecule has 0 aromatic heterocycles. The van der Waals surface area contributed by atoms with Gasteiger partial charge in [-0.2, -0.15) is 0 Å². The SMILES string of the molecule is COc1ccc(C(=O)NC2CCC3(C)CCC(C(C)C(=O)NC4CCCC4)C(O)C3C2C)cc1. The number of aliphatic hydroxyl groups is 1. The van der Waals surface area contributed by atoms with Gasteiger partial charge < -0.3 is 20.5 Å². The van der Waals surface area contributed by atoms with Crippen molar-refractivity contribution in [1.82, 2.24) is 10.6 Å². The summed E-state index contributed by atoms with van der Waals surface area (Å²) in [7, 11) is 1.61. The Morgan fingerprint density at radius 3 is 2.35 bits per heavy atom. The lowest BCUT2D eigenvalue weighted by Gasteiger charge is -2.56. The first-order chi connectivity index (χ1) is 16.2. The highest BCUT2D eigenvalue weighted by molar-refractivity contribution is 5.94. The maximum Gasteiger partial charge on any atom is 0.251 e. The van der Waals surface area contributed by atoms with Crippen LogP contribution in [0.4, 0.5) is 0 Å². The minimum Gasteiger partial charge on any atom is -0.497 e. The number of carbonyl (C=O) groups is 2. The topological polar surface area (TPSA) is 87.7 Å². The lowest BCUT2D eigenvalue weighted by atomic mass is 9.51. The van der Waals surface area contributed by atoms with Gasteiger partial charge in [-0.15, -0.1) is 0 Å². The number of rotatable bonds is 6. The van der Waals surface area contributed by atoms with Gasteiger partial charge in [0.05, 0.1) is 13.2 Å². The average molecular weight is 471 g/mol. The molecule has 7 unspecified atom stereocenters. The highest BCUT2D eigenvalue weighted by Crippen LogP contribution is 2.55. The Balaban J connectivity index is 1.43. The first-order valence-corrected chi connectivity index (χ1v) is 13.2. The van der Waals surface area contributed by atoms with E-state index < -0.39 is 6.10 Å². The number of carbonyl (C=O) groups excluding carboxylic acids is 2. The average Bonchev–Trinajstić information content (AvgIpc) is 3.33. The number of methoxy groups -OCH3 is 1. The standard InChI is InChI=1S/C28H42N2O4/c1-17(26(32)29-20-7-5-6-8-20)22-13-15-28(3)16-14-23(18(2)24(28)25(22)31)30-27(33)19-9-11-21(34-4)12-10-19/h9-12,17-18,20,22-25,31H,5-8,13-16H2,1-4H3,(H,29,32)(H,30,33). The van der Waals surface area contributed by atoms with E-state index in [1.165, 1.54) is 12.8 Å². The van der Waals surface area contributed by atoms with Gasteiger partial charge in [-0.1, -0.05) is 33.6 Å². The van der Waals surface area contributed by atoms with Crippen molar-refractivity contribution in [3.63, 3.8) is 0 Å². The molecule has 0 spiro atoms. The van der Waals surface area contributed by atoms with Crippen LogP contribution >= 0.6 is 0 Å². The number of nitrogens with one attached hydrogen (secondary N) is 2. The van der Waals surface area contributed by atoms with Gasteiger partial charge in [0.1, 0.15) is 5.75 Å². The zero-order valence-electron chi connectivity index (χ0n) is 21.2. The van der Waals surface area contributed by atoms with Crippen LogP contribution in [0, 0.1) is 29.1 Å². The molecule has 0 saturated heterocycles. The van der Waals surface area contributed by atoms with E-state index in [0.29, 0.717) is 11.6 Å². The van der Waals surface area contributed by atoms with Gasteiger partial charge >= 0.3 is 0 Å². The van der Waals surface area contributed by atoms with Crippen LogP contribution in [0.3, 0.4) is 0 Å². The second-order valence-electron chi connectivity index (χ2n) is 11.4. The minimum absolute atomic E-state index is 0.00342. The lowest BCUT2D eigenvalue weighted by molar-refractivity contribution is -0.142. The van der Waals surface area contributed by atoms with Crippen molar-refractivity contribution in [3.05, 3.63) is 29.8 Å². The maximum absolute atomic E-state index is 13.0. The smallest absolute Gasteiger partial charge is 0.251 e. The van der Waals surface area contributed by atoms with E-state index in [0.717, 1.165) is 44.3 Å². The van der Waals surface area contributed by atoms with Crippen molar-refractivity contribution in [2.45, 2.75) is 90.3 Å². The molecule has 0 bridgehead atoms. The fraction of sp³-hybridized carbons (Fsp3) is 0.714. The third-order valence-electron chi connectivity index (χ3n) is 9.31.